The Kier molecular flexibility index (Phi) is 5.43. The minimum atomic E-state index is -4.56. The van der Waals surface area contributed by atoms with Gasteiger partial charge in [-0.05, 0) is 43.2 Å². The lowest BCUT2D eigenvalue weighted by Gasteiger charge is -2.47. The van der Waals surface area contributed by atoms with E-state index in [1.54, 1.807) is 0 Å². The normalized spacial score (nSPS) is 24.2. The molecule has 1 saturated carbocycles. The molecule has 3 atom stereocenters. The van der Waals surface area contributed by atoms with E-state index in [1.807, 2.05) is 4.90 Å². The molecule has 2 heterocycles. The monoisotopic (exact) mass is 446 g/mol. The molecule has 1 N–H and O–H groups in total. The number of fused-ring (bicyclic) bond motifs is 2. The highest BCUT2D eigenvalue weighted by Gasteiger charge is 2.42. The minimum Gasteiger partial charge on any atom is -0.504 e. The van der Waals surface area contributed by atoms with E-state index in [4.69, 9.17) is 4.74 Å². The van der Waals surface area contributed by atoms with Crippen molar-refractivity contribution in [3.05, 3.63) is 47.7 Å². The molecular weight excluding hydrogens is 426 g/mol. The average molecular weight is 446 g/mol. The van der Waals surface area contributed by atoms with Gasteiger partial charge in [0, 0.05) is 31.1 Å². The van der Waals surface area contributed by atoms with Crippen LogP contribution in [-0.2, 0) is 12.4 Å². The molecular formula is C21H20F6N2O2. The van der Waals surface area contributed by atoms with Crippen molar-refractivity contribution in [1.29, 1.82) is 0 Å². The zero-order valence-corrected chi connectivity index (χ0v) is 16.2. The molecule has 2 aliphatic rings. The molecule has 2 bridgehead atoms. The first-order chi connectivity index (χ1) is 14.5. The molecule has 1 aliphatic carbocycles. The second-order valence-corrected chi connectivity index (χ2v) is 8.02. The number of hydrogen-bond acceptors (Lipinski definition) is 4. The van der Waals surface area contributed by atoms with Gasteiger partial charge in [-0.25, -0.2) is 4.98 Å². The topological polar surface area (TPSA) is 45.6 Å². The molecule has 1 aromatic carbocycles. The predicted molar refractivity (Wildman–Crippen MR) is 99.8 cm³/mol. The van der Waals surface area contributed by atoms with Crippen molar-refractivity contribution in [2.45, 2.75) is 37.7 Å². The highest BCUT2D eigenvalue weighted by molar-refractivity contribution is 5.44. The van der Waals surface area contributed by atoms with E-state index in [2.05, 4.69) is 4.98 Å². The Morgan fingerprint density at radius 3 is 2.03 bits per heavy atom. The Balaban J connectivity index is 1.49. The summed E-state index contributed by atoms with van der Waals surface area (Å²) in [6, 6.07) is 4.98. The Labute approximate surface area is 174 Å². The number of halogens is 6. The molecule has 0 radical (unpaired) electrons. The number of phenols is 1. The lowest BCUT2D eigenvalue weighted by Crippen LogP contribution is -2.54. The van der Waals surface area contributed by atoms with Crippen molar-refractivity contribution in [3.63, 3.8) is 0 Å². The number of pyridine rings is 1. The third kappa shape index (κ3) is 4.52. The molecule has 4 nitrogen and oxygen atoms in total. The Morgan fingerprint density at radius 1 is 0.903 bits per heavy atom. The summed E-state index contributed by atoms with van der Waals surface area (Å²) in [6.45, 7) is 1.00. The van der Waals surface area contributed by atoms with Crippen LogP contribution < -0.4 is 9.64 Å². The third-order valence-corrected chi connectivity index (χ3v) is 5.94. The number of aromatic nitrogens is 1. The zero-order chi connectivity index (χ0) is 22.4. The van der Waals surface area contributed by atoms with Gasteiger partial charge in [-0.2, -0.15) is 26.3 Å². The highest BCUT2D eigenvalue weighted by atomic mass is 19.4. The van der Waals surface area contributed by atoms with Crippen LogP contribution in [0.3, 0.4) is 0 Å². The van der Waals surface area contributed by atoms with Crippen molar-refractivity contribution in [1.82, 2.24) is 4.98 Å². The van der Waals surface area contributed by atoms with E-state index in [1.165, 1.54) is 6.07 Å². The molecule has 2 unspecified atom stereocenters. The van der Waals surface area contributed by atoms with Crippen LogP contribution in [0.4, 0.5) is 32.2 Å². The molecule has 0 amide bonds. The summed E-state index contributed by atoms with van der Waals surface area (Å²) in [5.74, 6) is -0.104. The SMILES string of the molecule is Oc1cc(C(F)(F)F)ccc1OC1C2CCC[C@@H]1CN(c1ccc(C(F)(F)F)cn1)C2. The summed E-state index contributed by atoms with van der Waals surface area (Å²) in [4.78, 5) is 5.89. The molecule has 1 saturated heterocycles. The maximum atomic E-state index is 12.8. The lowest BCUT2D eigenvalue weighted by atomic mass is 9.75. The van der Waals surface area contributed by atoms with Crippen LogP contribution in [-0.4, -0.2) is 29.3 Å². The second-order valence-electron chi connectivity index (χ2n) is 8.02. The number of piperidine rings is 1. The highest BCUT2D eigenvalue weighted by Crippen LogP contribution is 2.42. The van der Waals surface area contributed by atoms with Gasteiger partial charge in [0.1, 0.15) is 11.9 Å². The number of phenolic OH excluding ortho intramolecular Hbond substituents is 1. The molecule has 1 aromatic heterocycles. The molecule has 1 aliphatic heterocycles. The van der Waals surface area contributed by atoms with Crippen molar-refractivity contribution in [2.75, 3.05) is 18.0 Å². The molecule has 2 fully saturated rings. The largest absolute Gasteiger partial charge is 0.504 e. The van der Waals surface area contributed by atoms with Crippen LogP contribution in [0, 0.1) is 11.8 Å². The molecule has 2 aromatic rings. The van der Waals surface area contributed by atoms with Crippen molar-refractivity contribution < 1.29 is 36.2 Å². The average Bonchev–Trinajstić information content (AvgIpc) is 2.68. The number of hydrogen-bond donors (Lipinski definition) is 1. The van der Waals surface area contributed by atoms with Gasteiger partial charge in [-0.1, -0.05) is 6.42 Å². The van der Waals surface area contributed by atoms with Gasteiger partial charge < -0.3 is 14.7 Å². The summed E-state index contributed by atoms with van der Waals surface area (Å²) in [6.07, 6.45) is -5.93. The van der Waals surface area contributed by atoms with E-state index in [-0.39, 0.29) is 23.7 Å². The first-order valence-electron chi connectivity index (χ1n) is 9.87. The lowest BCUT2D eigenvalue weighted by molar-refractivity contribution is -0.138. The number of benzene rings is 1. The number of alkyl halides is 6. The van der Waals surface area contributed by atoms with Gasteiger partial charge in [-0.15, -0.1) is 0 Å². The standard InChI is InChI=1S/C21H20F6N2O2/c22-20(23,24)14-4-6-17(16(30)8-14)31-19-12-2-1-3-13(19)11-29(10-12)18-7-5-15(9-28-18)21(25,26)27/h4-9,12-13,19,30H,1-3,10-11H2/t12-,13?,19?/m1/s1. The van der Waals surface area contributed by atoms with E-state index in [0.29, 0.717) is 25.0 Å². The summed E-state index contributed by atoms with van der Waals surface area (Å²) >= 11 is 0. The molecule has 31 heavy (non-hydrogen) atoms. The Hall–Kier alpha value is -2.65. The third-order valence-electron chi connectivity index (χ3n) is 5.94. The van der Waals surface area contributed by atoms with Crippen LogP contribution in [0.2, 0.25) is 0 Å². The van der Waals surface area contributed by atoms with Gasteiger partial charge in [0.15, 0.2) is 11.5 Å². The quantitative estimate of drug-likeness (QED) is 0.632. The summed E-state index contributed by atoms with van der Waals surface area (Å²) < 4.78 is 82.7. The second kappa shape index (κ2) is 7.80. The zero-order valence-electron chi connectivity index (χ0n) is 16.2. The number of anilines is 1. The van der Waals surface area contributed by atoms with Crippen LogP contribution in [0.15, 0.2) is 36.5 Å². The molecule has 0 spiro atoms. The fourth-order valence-corrected chi connectivity index (χ4v) is 4.45. The van der Waals surface area contributed by atoms with Gasteiger partial charge in [-0.3, -0.25) is 0 Å². The van der Waals surface area contributed by atoms with Crippen LogP contribution >= 0.6 is 0 Å². The van der Waals surface area contributed by atoms with Gasteiger partial charge in [0.2, 0.25) is 0 Å². The van der Waals surface area contributed by atoms with Crippen LogP contribution in [0.25, 0.3) is 0 Å². The number of nitrogens with zero attached hydrogens (tertiary/aromatic N) is 2. The molecule has 168 valence electrons. The first-order valence-corrected chi connectivity index (χ1v) is 9.87. The molecule has 4 rings (SSSR count). The maximum absolute atomic E-state index is 12.8. The number of rotatable bonds is 3. The molecule has 10 heteroatoms. The first kappa shape index (κ1) is 21.6. The maximum Gasteiger partial charge on any atom is 0.417 e. The fourth-order valence-electron chi connectivity index (χ4n) is 4.45. The van der Waals surface area contributed by atoms with Crippen molar-refractivity contribution in [3.8, 4) is 11.5 Å². The predicted octanol–water partition coefficient (Wildman–Crippen LogP) is 5.51. The minimum absolute atomic E-state index is 0.00370. The van der Waals surface area contributed by atoms with Crippen molar-refractivity contribution >= 4 is 5.82 Å². The Morgan fingerprint density at radius 2 is 1.52 bits per heavy atom. The van der Waals surface area contributed by atoms with Crippen molar-refractivity contribution in [2.24, 2.45) is 11.8 Å². The van der Waals surface area contributed by atoms with Gasteiger partial charge in [0.05, 0.1) is 11.1 Å². The van der Waals surface area contributed by atoms with E-state index in [9.17, 15) is 31.4 Å². The van der Waals surface area contributed by atoms with E-state index >= 15 is 0 Å². The van der Waals surface area contributed by atoms with Gasteiger partial charge in [0.25, 0.3) is 0 Å². The summed E-state index contributed by atoms with van der Waals surface area (Å²) in [5.41, 5.74) is -1.77. The summed E-state index contributed by atoms with van der Waals surface area (Å²) in [5, 5.41) is 10.0. The van der Waals surface area contributed by atoms with Crippen LogP contribution in [0.1, 0.15) is 30.4 Å². The summed E-state index contributed by atoms with van der Waals surface area (Å²) in [7, 11) is 0. The van der Waals surface area contributed by atoms with E-state index < -0.39 is 29.2 Å². The Bertz CT molecular complexity index is 915. The van der Waals surface area contributed by atoms with E-state index in [0.717, 1.165) is 43.7 Å². The smallest absolute Gasteiger partial charge is 0.417 e. The fraction of sp³-hybridized carbons (Fsp3) is 0.476. The number of ether oxygens (including phenoxy) is 1. The van der Waals surface area contributed by atoms with Crippen LogP contribution in [0.5, 0.6) is 11.5 Å². The van der Waals surface area contributed by atoms with Gasteiger partial charge >= 0.3 is 12.4 Å². The number of aromatic hydroxyl groups is 1.